The summed E-state index contributed by atoms with van der Waals surface area (Å²) in [6, 6.07) is 6.96. The van der Waals surface area contributed by atoms with Crippen molar-refractivity contribution in [2.75, 3.05) is 25.1 Å². The average molecular weight is 387 g/mol. The summed E-state index contributed by atoms with van der Waals surface area (Å²) < 4.78 is 3.37. The molecule has 1 aromatic heterocycles. The summed E-state index contributed by atoms with van der Waals surface area (Å²) in [6.45, 7) is 9.25. The van der Waals surface area contributed by atoms with Gasteiger partial charge in [-0.3, -0.25) is 13.9 Å². The zero-order valence-corrected chi connectivity index (χ0v) is 17.4. The number of carbonyl (C=O) groups is 1. The molecule has 1 aromatic carbocycles. The molecular weight excluding hydrogens is 356 g/mol. The fourth-order valence-corrected chi connectivity index (χ4v) is 5.15. The lowest BCUT2D eigenvalue weighted by Crippen LogP contribution is -2.47. The van der Waals surface area contributed by atoms with Crippen LogP contribution in [0.15, 0.2) is 18.2 Å². The number of likely N-dealkylation sites (tertiary alicyclic amines) is 1. The Bertz CT molecular complexity index is 859. The van der Waals surface area contributed by atoms with Crippen LogP contribution in [0.2, 0.25) is 0 Å². The minimum Gasteiger partial charge on any atom is -0.299 e. The van der Waals surface area contributed by atoms with Gasteiger partial charge in [-0.25, -0.2) is 10.2 Å². The van der Waals surface area contributed by atoms with E-state index in [1.54, 1.807) is 0 Å². The average Bonchev–Trinajstić information content (AvgIpc) is 2.95. The number of rotatable bonds is 4. The zero-order valence-electron chi connectivity index (χ0n) is 16.5. The first kappa shape index (κ1) is 18.7. The predicted molar refractivity (Wildman–Crippen MR) is 114 cm³/mol. The summed E-state index contributed by atoms with van der Waals surface area (Å²) in [4.78, 5) is 15.1. The molecule has 2 atom stereocenters. The van der Waals surface area contributed by atoms with E-state index in [0.717, 1.165) is 17.6 Å². The molecule has 1 saturated heterocycles. The van der Waals surface area contributed by atoms with E-state index in [-0.39, 0.29) is 6.03 Å². The predicted octanol–water partition coefficient (Wildman–Crippen LogP) is 4.29. The van der Waals surface area contributed by atoms with Gasteiger partial charge in [0.1, 0.15) is 0 Å². The van der Waals surface area contributed by atoms with Crippen molar-refractivity contribution in [2.24, 2.45) is 0 Å². The fourth-order valence-electron chi connectivity index (χ4n) is 5.10. The fraction of sp³-hybridized carbons (Fsp3) is 0.571. The molecule has 0 bridgehead atoms. The van der Waals surface area contributed by atoms with Crippen LogP contribution in [0.4, 0.5) is 4.79 Å². The maximum absolute atomic E-state index is 12.4. The maximum Gasteiger partial charge on any atom is 0.346 e. The second-order valence-electron chi connectivity index (χ2n) is 7.83. The zero-order chi connectivity index (χ0) is 19.1. The number of urea groups is 1. The van der Waals surface area contributed by atoms with E-state index < -0.39 is 0 Å². The summed E-state index contributed by atoms with van der Waals surface area (Å²) in [5.74, 6) is 0.601. The molecule has 1 fully saturated rings. The molecule has 0 radical (unpaired) electrons. The summed E-state index contributed by atoms with van der Waals surface area (Å²) in [5, 5.41) is 1.36. The van der Waals surface area contributed by atoms with Gasteiger partial charge in [0.25, 0.3) is 0 Å². The highest BCUT2D eigenvalue weighted by Gasteiger charge is 2.38. The third-order valence-electron chi connectivity index (χ3n) is 6.35. The van der Waals surface area contributed by atoms with E-state index in [0.29, 0.717) is 18.5 Å². The third kappa shape index (κ3) is 3.03. The number of thiol groups is 1. The van der Waals surface area contributed by atoms with Crippen molar-refractivity contribution in [3.63, 3.8) is 0 Å². The summed E-state index contributed by atoms with van der Waals surface area (Å²) in [7, 11) is 0. The highest BCUT2D eigenvalue weighted by molar-refractivity contribution is 7.78. The van der Waals surface area contributed by atoms with Crippen molar-refractivity contribution >= 4 is 29.7 Å². The number of carbonyl (C=O) groups excluding carboxylic acids is 1. The Morgan fingerprint density at radius 2 is 2.19 bits per heavy atom. The number of nitrogens with one attached hydrogen (secondary N) is 1. The first-order valence-electron chi connectivity index (χ1n) is 10.2. The van der Waals surface area contributed by atoms with Crippen LogP contribution in [-0.4, -0.2) is 45.6 Å². The van der Waals surface area contributed by atoms with E-state index in [1.807, 2.05) is 11.6 Å². The normalized spacial score (nSPS) is 21.9. The second kappa shape index (κ2) is 7.40. The number of piperidine rings is 1. The summed E-state index contributed by atoms with van der Waals surface area (Å²) in [5.41, 5.74) is 8.16. The minimum atomic E-state index is -0.193. The molecule has 1 aliphatic heterocycles. The number of amides is 2. The lowest BCUT2D eigenvalue weighted by atomic mass is 9.74. The minimum absolute atomic E-state index is 0.193. The van der Waals surface area contributed by atoms with Crippen LogP contribution < -0.4 is 5.43 Å². The Morgan fingerprint density at radius 1 is 1.37 bits per heavy atom. The van der Waals surface area contributed by atoms with Gasteiger partial charge in [-0.1, -0.05) is 31.9 Å². The molecule has 2 amide bonds. The van der Waals surface area contributed by atoms with Gasteiger partial charge >= 0.3 is 6.03 Å². The Morgan fingerprint density at radius 3 is 2.93 bits per heavy atom. The highest BCUT2D eigenvalue weighted by Crippen LogP contribution is 2.45. The molecule has 4 rings (SSSR count). The van der Waals surface area contributed by atoms with Gasteiger partial charge in [-0.15, -0.1) is 0 Å². The van der Waals surface area contributed by atoms with Crippen LogP contribution in [0, 0.1) is 6.92 Å². The highest BCUT2D eigenvalue weighted by atomic mass is 32.1. The second-order valence-corrected chi connectivity index (χ2v) is 8.31. The van der Waals surface area contributed by atoms with Crippen LogP contribution in [0.1, 0.15) is 55.8 Å². The lowest BCUT2D eigenvalue weighted by molar-refractivity contribution is 0.124. The van der Waals surface area contributed by atoms with E-state index in [4.69, 9.17) is 0 Å². The first-order chi connectivity index (χ1) is 13.1. The van der Waals surface area contributed by atoms with E-state index in [9.17, 15) is 4.79 Å². The van der Waals surface area contributed by atoms with Crippen molar-refractivity contribution in [3.8, 4) is 0 Å². The van der Waals surface area contributed by atoms with Crippen LogP contribution in [0.3, 0.4) is 0 Å². The van der Waals surface area contributed by atoms with Crippen molar-refractivity contribution < 1.29 is 4.79 Å². The largest absolute Gasteiger partial charge is 0.346 e. The maximum atomic E-state index is 12.4. The number of hydrogen-bond acceptors (Lipinski definition) is 3. The van der Waals surface area contributed by atoms with Gasteiger partial charge in [0.05, 0.1) is 5.52 Å². The molecule has 1 N–H and O–H groups in total. The number of aromatic nitrogens is 1. The smallest absolute Gasteiger partial charge is 0.299 e. The lowest BCUT2D eigenvalue weighted by Gasteiger charge is -2.44. The number of nitrogens with zero attached hydrogens (tertiary/aromatic N) is 3. The van der Waals surface area contributed by atoms with E-state index in [2.05, 4.69) is 55.2 Å². The molecule has 0 unspecified atom stereocenters. The van der Waals surface area contributed by atoms with Gasteiger partial charge in [0.15, 0.2) is 0 Å². The van der Waals surface area contributed by atoms with Crippen molar-refractivity contribution in [1.82, 2.24) is 13.9 Å². The topological polar surface area (TPSA) is 40.5 Å². The number of fused-ring (bicyclic) bond motifs is 2. The van der Waals surface area contributed by atoms with Crippen LogP contribution >= 0.6 is 12.8 Å². The molecule has 0 spiro atoms. The van der Waals surface area contributed by atoms with Crippen LogP contribution in [0.25, 0.3) is 10.9 Å². The first-order valence-corrected chi connectivity index (χ1v) is 10.6. The van der Waals surface area contributed by atoms with E-state index in [1.165, 1.54) is 53.2 Å². The molecule has 2 heterocycles. The van der Waals surface area contributed by atoms with Crippen molar-refractivity contribution in [3.05, 3.63) is 35.0 Å². The van der Waals surface area contributed by atoms with Gasteiger partial charge in [0, 0.05) is 29.6 Å². The molecule has 27 heavy (non-hydrogen) atoms. The Kier molecular flexibility index (Phi) is 5.12. The molecule has 6 heteroatoms. The van der Waals surface area contributed by atoms with Crippen molar-refractivity contribution in [1.29, 1.82) is 0 Å². The number of hydrogen-bond donors (Lipinski definition) is 2. The molecule has 5 nitrogen and oxygen atoms in total. The Hall–Kier alpha value is -1.66. The Labute approximate surface area is 167 Å². The number of benzene rings is 1. The Balaban J connectivity index is 1.79. The van der Waals surface area contributed by atoms with E-state index >= 15 is 0 Å². The standard InChI is InChI=1S/C21H30N4OS/c1-4-11-23-12-7-9-15-16-8-6-10-18-20(16)17(13-19(15)23)14(3)25(18)22-21(26)24(27)5-2/h6,8,10,15,19,27H,4-5,7,9,11-13H2,1-3H3,(H,22,26)/t15-,19-/m1/s1. The summed E-state index contributed by atoms with van der Waals surface area (Å²) in [6.07, 6.45) is 4.81. The molecule has 2 aliphatic rings. The third-order valence-corrected chi connectivity index (χ3v) is 6.81. The van der Waals surface area contributed by atoms with Gasteiger partial charge in [-0.05, 0) is 69.8 Å². The molecule has 146 valence electrons. The van der Waals surface area contributed by atoms with Crippen molar-refractivity contribution in [2.45, 2.75) is 58.4 Å². The molecular formula is C21H30N4OS. The van der Waals surface area contributed by atoms with Crippen LogP contribution in [-0.2, 0) is 6.42 Å². The summed E-state index contributed by atoms with van der Waals surface area (Å²) >= 11 is 4.25. The molecule has 2 aromatic rings. The van der Waals surface area contributed by atoms with Gasteiger partial charge in [-0.2, -0.15) is 0 Å². The molecule has 0 saturated carbocycles. The molecule has 1 aliphatic carbocycles. The SMILES string of the molecule is CCCN1CCC[C@@H]2c3cccc4c3c(c(C)n4NC(=O)N(S)CC)C[C@H]21. The van der Waals surface area contributed by atoms with Crippen LogP contribution in [0.5, 0.6) is 0 Å². The van der Waals surface area contributed by atoms with Gasteiger partial charge in [0.2, 0.25) is 0 Å². The monoisotopic (exact) mass is 386 g/mol. The van der Waals surface area contributed by atoms with Gasteiger partial charge < -0.3 is 0 Å². The quantitative estimate of drug-likeness (QED) is 0.770.